The van der Waals surface area contributed by atoms with Gasteiger partial charge < -0.3 is 10.4 Å². The minimum atomic E-state index is -0.239. The molecule has 2 N–H and O–H groups in total. The fourth-order valence-electron chi connectivity index (χ4n) is 2.11. The fraction of sp³-hybridized carbons (Fsp3) is 0.0588. The standard InChI is InChI=1S/C17H14BrN3O2/c18-14-5-7-15(8-6-14)21-11-13(10-20-21)17(23)19-9-12-3-1-2-4-16(12)22/h1-8,10-11,22H,9H2,(H,19,23). The van der Waals surface area contributed by atoms with Gasteiger partial charge in [-0.05, 0) is 30.3 Å². The molecule has 0 radical (unpaired) electrons. The monoisotopic (exact) mass is 371 g/mol. The Hall–Kier alpha value is -2.60. The van der Waals surface area contributed by atoms with Crippen LogP contribution in [-0.4, -0.2) is 20.8 Å². The Morgan fingerprint density at radius 3 is 2.65 bits per heavy atom. The molecule has 1 aromatic heterocycles. The second-order valence-electron chi connectivity index (χ2n) is 4.96. The van der Waals surface area contributed by atoms with E-state index in [-0.39, 0.29) is 18.2 Å². The lowest BCUT2D eigenvalue weighted by Crippen LogP contribution is -2.22. The number of phenols is 1. The van der Waals surface area contributed by atoms with Crippen LogP contribution in [0.3, 0.4) is 0 Å². The van der Waals surface area contributed by atoms with Crippen LogP contribution in [-0.2, 0) is 6.54 Å². The quantitative estimate of drug-likeness (QED) is 0.739. The average Bonchev–Trinajstić information content (AvgIpc) is 3.04. The van der Waals surface area contributed by atoms with Crippen LogP contribution in [0.4, 0.5) is 0 Å². The summed E-state index contributed by atoms with van der Waals surface area (Å²) >= 11 is 3.38. The maximum absolute atomic E-state index is 12.2. The van der Waals surface area contributed by atoms with Crippen LogP contribution in [0, 0.1) is 0 Å². The first-order chi connectivity index (χ1) is 11.1. The lowest BCUT2D eigenvalue weighted by molar-refractivity contribution is 0.0950. The van der Waals surface area contributed by atoms with E-state index in [2.05, 4.69) is 26.3 Å². The predicted octanol–water partition coefficient (Wildman–Crippen LogP) is 3.27. The molecule has 5 nitrogen and oxygen atoms in total. The van der Waals surface area contributed by atoms with Crippen molar-refractivity contribution in [2.45, 2.75) is 6.54 Å². The van der Waals surface area contributed by atoms with Gasteiger partial charge in [0.25, 0.3) is 5.91 Å². The number of phenolic OH excluding ortho intramolecular Hbond substituents is 1. The van der Waals surface area contributed by atoms with Crippen molar-refractivity contribution < 1.29 is 9.90 Å². The summed E-state index contributed by atoms with van der Waals surface area (Å²) in [6.07, 6.45) is 3.19. The summed E-state index contributed by atoms with van der Waals surface area (Å²) in [7, 11) is 0. The van der Waals surface area contributed by atoms with Gasteiger partial charge in [-0.15, -0.1) is 0 Å². The molecule has 3 aromatic rings. The zero-order chi connectivity index (χ0) is 16.2. The van der Waals surface area contributed by atoms with E-state index < -0.39 is 0 Å². The van der Waals surface area contributed by atoms with Crippen LogP contribution in [0.15, 0.2) is 65.4 Å². The van der Waals surface area contributed by atoms with Gasteiger partial charge in [-0.1, -0.05) is 34.1 Å². The van der Waals surface area contributed by atoms with E-state index in [0.717, 1.165) is 10.2 Å². The van der Waals surface area contributed by atoms with Gasteiger partial charge in [-0.25, -0.2) is 4.68 Å². The highest BCUT2D eigenvalue weighted by Crippen LogP contribution is 2.16. The molecule has 0 saturated carbocycles. The molecule has 6 heteroatoms. The van der Waals surface area contributed by atoms with Gasteiger partial charge in [-0.3, -0.25) is 4.79 Å². The molecule has 1 heterocycles. The largest absolute Gasteiger partial charge is 0.508 e. The van der Waals surface area contributed by atoms with Crippen molar-refractivity contribution in [1.29, 1.82) is 0 Å². The summed E-state index contributed by atoms with van der Waals surface area (Å²) in [6, 6.07) is 14.5. The second-order valence-corrected chi connectivity index (χ2v) is 5.88. The van der Waals surface area contributed by atoms with Crippen LogP contribution in [0.2, 0.25) is 0 Å². The van der Waals surface area contributed by atoms with E-state index in [1.807, 2.05) is 30.3 Å². The van der Waals surface area contributed by atoms with E-state index in [1.165, 1.54) is 6.20 Å². The van der Waals surface area contributed by atoms with Crippen molar-refractivity contribution in [2.75, 3.05) is 0 Å². The zero-order valence-corrected chi connectivity index (χ0v) is 13.7. The van der Waals surface area contributed by atoms with Crippen molar-refractivity contribution in [3.8, 4) is 11.4 Å². The molecule has 0 atom stereocenters. The van der Waals surface area contributed by atoms with Gasteiger partial charge in [0.2, 0.25) is 0 Å². The van der Waals surface area contributed by atoms with Crippen LogP contribution >= 0.6 is 15.9 Å². The molecule has 116 valence electrons. The molecule has 0 aliphatic heterocycles. The topological polar surface area (TPSA) is 67.2 Å². The first-order valence-electron chi connectivity index (χ1n) is 6.99. The fourth-order valence-corrected chi connectivity index (χ4v) is 2.38. The van der Waals surface area contributed by atoms with Crippen LogP contribution in [0.25, 0.3) is 5.69 Å². The van der Waals surface area contributed by atoms with Gasteiger partial charge in [0.15, 0.2) is 0 Å². The number of carbonyl (C=O) groups is 1. The Kier molecular flexibility index (Phi) is 4.43. The van der Waals surface area contributed by atoms with Crippen molar-refractivity contribution in [3.63, 3.8) is 0 Å². The lowest BCUT2D eigenvalue weighted by atomic mass is 10.2. The first-order valence-corrected chi connectivity index (χ1v) is 7.78. The van der Waals surface area contributed by atoms with Gasteiger partial charge >= 0.3 is 0 Å². The third kappa shape index (κ3) is 3.60. The summed E-state index contributed by atoms with van der Waals surface area (Å²) < 4.78 is 2.62. The number of rotatable bonds is 4. The van der Waals surface area contributed by atoms with E-state index in [1.54, 1.807) is 29.1 Å². The summed E-state index contributed by atoms with van der Waals surface area (Å²) in [5.41, 5.74) is 2.00. The van der Waals surface area contributed by atoms with Crippen molar-refractivity contribution in [1.82, 2.24) is 15.1 Å². The van der Waals surface area contributed by atoms with Crippen molar-refractivity contribution >= 4 is 21.8 Å². The van der Waals surface area contributed by atoms with Gasteiger partial charge in [0.05, 0.1) is 17.4 Å². The lowest BCUT2D eigenvalue weighted by Gasteiger charge is -2.05. The number of carbonyl (C=O) groups excluding carboxylic acids is 1. The molecule has 0 aliphatic carbocycles. The Morgan fingerprint density at radius 2 is 1.91 bits per heavy atom. The number of para-hydroxylation sites is 1. The number of hydrogen-bond donors (Lipinski definition) is 2. The number of aromatic hydroxyl groups is 1. The van der Waals surface area contributed by atoms with Gasteiger partial charge in [0.1, 0.15) is 5.75 Å². The number of hydrogen-bond acceptors (Lipinski definition) is 3. The normalized spacial score (nSPS) is 10.5. The molecule has 0 saturated heterocycles. The molecule has 0 bridgehead atoms. The van der Waals surface area contributed by atoms with Crippen molar-refractivity contribution in [2.24, 2.45) is 0 Å². The Labute approximate surface area is 141 Å². The second kappa shape index (κ2) is 6.66. The van der Waals surface area contributed by atoms with E-state index in [4.69, 9.17) is 0 Å². The van der Waals surface area contributed by atoms with Crippen LogP contribution < -0.4 is 5.32 Å². The maximum Gasteiger partial charge on any atom is 0.254 e. The third-order valence-electron chi connectivity index (χ3n) is 3.37. The van der Waals surface area contributed by atoms with Gasteiger partial charge in [-0.2, -0.15) is 5.10 Å². The van der Waals surface area contributed by atoms with Crippen LogP contribution in [0.1, 0.15) is 15.9 Å². The summed E-state index contributed by atoms with van der Waals surface area (Å²) in [5.74, 6) is -0.0741. The SMILES string of the molecule is O=C(NCc1ccccc1O)c1cnn(-c2ccc(Br)cc2)c1. The number of nitrogens with zero attached hydrogens (tertiary/aromatic N) is 2. The molecule has 0 unspecified atom stereocenters. The molecule has 0 fully saturated rings. The third-order valence-corrected chi connectivity index (χ3v) is 3.90. The summed E-state index contributed by atoms with van der Waals surface area (Å²) in [4.78, 5) is 12.2. The minimum Gasteiger partial charge on any atom is -0.508 e. The number of benzene rings is 2. The Balaban J connectivity index is 1.69. The molecule has 0 spiro atoms. The van der Waals surface area contributed by atoms with Crippen molar-refractivity contribution in [3.05, 3.63) is 76.5 Å². The van der Waals surface area contributed by atoms with Gasteiger partial charge in [0, 0.05) is 22.8 Å². The van der Waals surface area contributed by atoms with E-state index in [9.17, 15) is 9.90 Å². The highest BCUT2D eigenvalue weighted by Gasteiger charge is 2.10. The first kappa shape index (κ1) is 15.3. The molecule has 3 rings (SSSR count). The predicted molar refractivity (Wildman–Crippen MR) is 90.5 cm³/mol. The molecular weight excluding hydrogens is 358 g/mol. The molecule has 2 aromatic carbocycles. The highest BCUT2D eigenvalue weighted by molar-refractivity contribution is 9.10. The summed E-state index contributed by atoms with van der Waals surface area (Å²) in [5, 5.41) is 16.7. The summed E-state index contributed by atoms with van der Waals surface area (Å²) in [6.45, 7) is 0.259. The molecular formula is C17H14BrN3O2. The van der Waals surface area contributed by atoms with Crippen LogP contribution in [0.5, 0.6) is 5.75 Å². The number of aromatic nitrogens is 2. The smallest absolute Gasteiger partial charge is 0.254 e. The number of halogens is 1. The minimum absolute atomic E-state index is 0.165. The Morgan fingerprint density at radius 1 is 1.17 bits per heavy atom. The van der Waals surface area contributed by atoms with E-state index in [0.29, 0.717) is 11.1 Å². The molecule has 23 heavy (non-hydrogen) atoms. The van der Waals surface area contributed by atoms with E-state index >= 15 is 0 Å². The molecule has 0 aliphatic rings. The molecule has 1 amide bonds. The maximum atomic E-state index is 12.2. The Bertz CT molecular complexity index is 828. The highest BCUT2D eigenvalue weighted by atomic mass is 79.9. The number of amides is 1. The zero-order valence-electron chi connectivity index (χ0n) is 12.1. The average molecular weight is 372 g/mol. The number of nitrogens with one attached hydrogen (secondary N) is 1.